The van der Waals surface area contributed by atoms with Crippen LogP contribution in [0.4, 0.5) is 4.79 Å². The maximum atomic E-state index is 11.6. The van der Waals surface area contributed by atoms with E-state index in [0.29, 0.717) is 0 Å². The minimum absolute atomic E-state index is 0.159. The minimum atomic E-state index is -1.26. The summed E-state index contributed by atoms with van der Waals surface area (Å²) in [5.41, 5.74) is -0.691. The van der Waals surface area contributed by atoms with Crippen molar-refractivity contribution in [2.45, 2.75) is 39.3 Å². The fourth-order valence-corrected chi connectivity index (χ4v) is 1.11. The van der Waals surface area contributed by atoms with Crippen LogP contribution in [-0.4, -0.2) is 52.0 Å². The molecule has 0 heterocycles. The zero-order valence-corrected chi connectivity index (χ0v) is 10.1. The first kappa shape index (κ1) is 14.7. The average Bonchev–Trinajstić information content (AvgIpc) is 2.09. The van der Waals surface area contributed by atoms with Crippen LogP contribution in [0.5, 0.6) is 0 Å². The largest absolute Gasteiger partial charge is 0.480 e. The Balaban J connectivity index is 4.71. The second-order valence-corrected chi connectivity index (χ2v) is 4.30. The van der Waals surface area contributed by atoms with E-state index in [2.05, 4.69) is 0 Å². The molecule has 0 aliphatic rings. The van der Waals surface area contributed by atoms with Gasteiger partial charge in [0.15, 0.2) is 6.04 Å². The number of nitrogens with zero attached hydrogens (tertiary/aromatic N) is 1. The number of rotatable bonds is 4. The van der Waals surface area contributed by atoms with Crippen molar-refractivity contribution >= 4 is 12.1 Å². The zero-order valence-electron chi connectivity index (χ0n) is 10.1. The number of amides is 1. The highest BCUT2D eigenvalue weighted by Gasteiger charge is 2.31. The van der Waals surface area contributed by atoms with Crippen molar-refractivity contribution in [1.29, 1.82) is 0 Å². The van der Waals surface area contributed by atoms with Gasteiger partial charge in [-0.1, -0.05) is 0 Å². The molecule has 0 rings (SSSR count). The fraction of sp³-hybridized carbons (Fsp3) is 0.800. The number of ether oxygens (including phenoxy) is 1. The predicted molar refractivity (Wildman–Crippen MR) is 57.1 cm³/mol. The van der Waals surface area contributed by atoms with Crippen molar-refractivity contribution in [3.63, 3.8) is 0 Å². The van der Waals surface area contributed by atoms with Gasteiger partial charge in [0.2, 0.25) is 0 Å². The van der Waals surface area contributed by atoms with E-state index < -0.39 is 30.3 Å². The molecule has 16 heavy (non-hydrogen) atoms. The maximum absolute atomic E-state index is 11.6. The van der Waals surface area contributed by atoms with Crippen LogP contribution < -0.4 is 0 Å². The number of aliphatic hydroxyl groups excluding tert-OH is 1. The first-order valence-electron chi connectivity index (χ1n) is 5.06. The fourth-order valence-electron chi connectivity index (χ4n) is 1.11. The lowest BCUT2D eigenvalue weighted by atomic mass is 10.2. The Bertz CT molecular complexity index is 258. The van der Waals surface area contributed by atoms with Crippen molar-refractivity contribution in [3.05, 3.63) is 0 Å². The lowest BCUT2D eigenvalue weighted by Crippen LogP contribution is -2.48. The SMILES string of the molecule is CCN(C(=O)OC(C)(C)C)[C@@H](CO)C(=O)O. The molecule has 0 fully saturated rings. The molecule has 0 saturated carbocycles. The van der Waals surface area contributed by atoms with Gasteiger partial charge in [-0.05, 0) is 27.7 Å². The van der Waals surface area contributed by atoms with Gasteiger partial charge in [0.05, 0.1) is 6.61 Å². The van der Waals surface area contributed by atoms with E-state index >= 15 is 0 Å². The highest BCUT2D eigenvalue weighted by Crippen LogP contribution is 2.11. The normalized spacial score (nSPS) is 13.1. The summed E-state index contributed by atoms with van der Waals surface area (Å²) in [6.45, 7) is 6.21. The predicted octanol–water partition coefficient (Wildman–Crippen LogP) is 0.689. The number of aliphatic hydroxyl groups is 1. The summed E-state index contributed by atoms with van der Waals surface area (Å²) in [6, 6.07) is -1.26. The molecular formula is C10H19NO5. The molecule has 6 heteroatoms. The summed E-state index contributed by atoms with van der Waals surface area (Å²) in [4.78, 5) is 23.4. The van der Waals surface area contributed by atoms with E-state index in [4.69, 9.17) is 14.9 Å². The topological polar surface area (TPSA) is 87.1 Å². The Kier molecular flexibility index (Phi) is 5.23. The van der Waals surface area contributed by atoms with Gasteiger partial charge in [-0.3, -0.25) is 4.90 Å². The van der Waals surface area contributed by atoms with Gasteiger partial charge in [0.1, 0.15) is 5.60 Å². The van der Waals surface area contributed by atoms with Gasteiger partial charge in [0.25, 0.3) is 0 Å². The van der Waals surface area contributed by atoms with Crippen molar-refractivity contribution < 1.29 is 24.5 Å². The van der Waals surface area contributed by atoms with Gasteiger partial charge < -0.3 is 14.9 Å². The summed E-state index contributed by atoms with van der Waals surface area (Å²) in [5.74, 6) is -1.25. The first-order chi connectivity index (χ1) is 7.22. The van der Waals surface area contributed by atoms with Crippen LogP contribution in [0.15, 0.2) is 0 Å². The quantitative estimate of drug-likeness (QED) is 0.746. The van der Waals surface area contributed by atoms with Crippen molar-refractivity contribution in [3.8, 4) is 0 Å². The number of carboxylic acid groups (broad SMARTS) is 1. The lowest BCUT2D eigenvalue weighted by molar-refractivity contribution is -0.144. The van der Waals surface area contributed by atoms with Crippen molar-refractivity contribution in [2.75, 3.05) is 13.2 Å². The highest BCUT2D eigenvalue weighted by molar-refractivity contribution is 5.80. The average molecular weight is 233 g/mol. The number of hydrogen-bond acceptors (Lipinski definition) is 4. The summed E-state index contributed by atoms with van der Waals surface area (Å²) in [6.07, 6.45) is -0.739. The number of carboxylic acids is 1. The zero-order chi connectivity index (χ0) is 12.9. The van der Waals surface area contributed by atoms with Crippen LogP contribution in [-0.2, 0) is 9.53 Å². The first-order valence-corrected chi connectivity index (χ1v) is 5.06. The molecule has 1 amide bonds. The van der Waals surface area contributed by atoms with Crippen LogP contribution in [0.2, 0.25) is 0 Å². The number of carbonyl (C=O) groups excluding carboxylic acids is 1. The van der Waals surface area contributed by atoms with Crippen LogP contribution in [0.1, 0.15) is 27.7 Å². The molecular weight excluding hydrogens is 214 g/mol. The van der Waals surface area contributed by atoms with Crippen LogP contribution >= 0.6 is 0 Å². The summed E-state index contributed by atoms with van der Waals surface area (Å²) >= 11 is 0. The molecule has 0 bridgehead atoms. The number of aliphatic carboxylic acids is 1. The Labute approximate surface area is 94.8 Å². The van der Waals surface area contributed by atoms with Gasteiger partial charge in [-0.2, -0.15) is 0 Å². The number of carbonyl (C=O) groups is 2. The molecule has 2 N–H and O–H groups in total. The third-order valence-electron chi connectivity index (χ3n) is 1.80. The molecule has 1 atom stereocenters. The van der Waals surface area contributed by atoms with E-state index in [1.54, 1.807) is 27.7 Å². The Morgan fingerprint density at radius 1 is 1.38 bits per heavy atom. The van der Waals surface area contributed by atoms with Crippen LogP contribution in [0.25, 0.3) is 0 Å². The second kappa shape index (κ2) is 5.69. The second-order valence-electron chi connectivity index (χ2n) is 4.30. The molecule has 0 spiro atoms. The van der Waals surface area contributed by atoms with E-state index in [1.165, 1.54) is 0 Å². The number of hydrogen-bond donors (Lipinski definition) is 2. The van der Waals surface area contributed by atoms with E-state index in [9.17, 15) is 9.59 Å². The van der Waals surface area contributed by atoms with Gasteiger partial charge in [-0.25, -0.2) is 9.59 Å². The number of likely N-dealkylation sites (N-methyl/N-ethyl adjacent to an activating group) is 1. The minimum Gasteiger partial charge on any atom is -0.480 e. The molecule has 0 unspecified atom stereocenters. The molecule has 0 radical (unpaired) electrons. The smallest absolute Gasteiger partial charge is 0.411 e. The van der Waals surface area contributed by atoms with E-state index in [-0.39, 0.29) is 6.54 Å². The van der Waals surface area contributed by atoms with Crippen LogP contribution in [0, 0.1) is 0 Å². The molecule has 0 aromatic rings. The van der Waals surface area contributed by atoms with Gasteiger partial charge >= 0.3 is 12.1 Å². The van der Waals surface area contributed by atoms with E-state index in [1.807, 2.05) is 0 Å². The van der Waals surface area contributed by atoms with Crippen LogP contribution in [0.3, 0.4) is 0 Å². The molecule has 94 valence electrons. The Hall–Kier alpha value is -1.30. The lowest BCUT2D eigenvalue weighted by Gasteiger charge is -2.29. The molecule has 0 aromatic carbocycles. The molecule has 0 saturated heterocycles. The highest BCUT2D eigenvalue weighted by atomic mass is 16.6. The molecule has 0 aliphatic heterocycles. The Morgan fingerprint density at radius 3 is 2.12 bits per heavy atom. The summed E-state index contributed by atoms with van der Waals surface area (Å²) in [7, 11) is 0. The maximum Gasteiger partial charge on any atom is 0.411 e. The standard InChI is InChI=1S/C10H19NO5/c1-5-11(7(6-12)8(13)14)9(15)16-10(2,3)4/h7,12H,5-6H2,1-4H3,(H,13,14)/t7-/m0/s1. The van der Waals surface area contributed by atoms with Gasteiger partial charge in [-0.15, -0.1) is 0 Å². The molecule has 0 aromatic heterocycles. The summed E-state index contributed by atoms with van der Waals surface area (Å²) in [5, 5.41) is 17.7. The third kappa shape index (κ3) is 4.48. The summed E-state index contributed by atoms with van der Waals surface area (Å²) < 4.78 is 5.04. The molecule has 6 nitrogen and oxygen atoms in total. The monoisotopic (exact) mass is 233 g/mol. The van der Waals surface area contributed by atoms with E-state index in [0.717, 1.165) is 4.90 Å². The van der Waals surface area contributed by atoms with Gasteiger partial charge in [0, 0.05) is 6.54 Å². The van der Waals surface area contributed by atoms with Crippen molar-refractivity contribution in [2.24, 2.45) is 0 Å². The Morgan fingerprint density at radius 2 is 1.88 bits per heavy atom. The molecule has 0 aliphatic carbocycles. The third-order valence-corrected chi connectivity index (χ3v) is 1.80. The van der Waals surface area contributed by atoms with Crippen molar-refractivity contribution in [1.82, 2.24) is 4.90 Å².